The lowest BCUT2D eigenvalue weighted by Crippen LogP contribution is -2.38. The van der Waals surface area contributed by atoms with Crippen LogP contribution in [0.3, 0.4) is 0 Å². The van der Waals surface area contributed by atoms with Crippen molar-refractivity contribution in [3.63, 3.8) is 0 Å². The highest BCUT2D eigenvalue weighted by Crippen LogP contribution is 2.23. The number of aromatic nitrogens is 1. The average molecular weight is 272 g/mol. The third-order valence-corrected chi connectivity index (χ3v) is 3.68. The van der Waals surface area contributed by atoms with E-state index in [0.29, 0.717) is 31.6 Å². The van der Waals surface area contributed by atoms with Crippen molar-refractivity contribution in [3.05, 3.63) is 29.1 Å². The molecule has 0 unspecified atom stereocenters. The van der Waals surface area contributed by atoms with Crippen LogP contribution in [0.4, 0.5) is 0 Å². The van der Waals surface area contributed by atoms with Gasteiger partial charge in [-0.15, -0.1) is 0 Å². The van der Waals surface area contributed by atoms with Crippen molar-refractivity contribution >= 4 is 17.5 Å². The van der Waals surface area contributed by atoms with E-state index in [-0.39, 0.29) is 11.8 Å². The van der Waals surface area contributed by atoms with Crippen LogP contribution in [0.15, 0.2) is 17.4 Å². The Kier molecular flexibility index (Phi) is 3.00. The number of aryl methyl sites for hydroxylation is 1. The largest absolute Gasteiger partial charge is 0.329 e. The molecular formula is C14H16N4O2. The molecule has 0 N–H and O–H groups in total. The fraction of sp³-hybridized carbons (Fsp3) is 0.429. The molecule has 0 saturated carbocycles. The van der Waals surface area contributed by atoms with E-state index in [1.54, 1.807) is 11.9 Å². The molecule has 1 aromatic heterocycles. The quantitative estimate of drug-likeness (QED) is 0.761. The minimum Gasteiger partial charge on any atom is -0.329 e. The lowest BCUT2D eigenvalue weighted by Gasteiger charge is -2.22. The summed E-state index contributed by atoms with van der Waals surface area (Å²) in [6.45, 7) is 3.10. The van der Waals surface area contributed by atoms with Gasteiger partial charge in [-0.3, -0.25) is 14.6 Å². The van der Waals surface area contributed by atoms with Gasteiger partial charge in [-0.25, -0.2) is 5.01 Å². The van der Waals surface area contributed by atoms with E-state index in [4.69, 9.17) is 0 Å². The predicted molar refractivity (Wildman–Crippen MR) is 72.7 cm³/mol. The summed E-state index contributed by atoms with van der Waals surface area (Å²) in [5, 5.41) is 5.34. The minimum atomic E-state index is -0.0850. The van der Waals surface area contributed by atoms with Crippen molar-refractivity contribution in [1.82, 2.24) is 14.9 Å². The lowest BCUT2D eigenvalue weighted by atomic mass is 10.1. The first-order valence-electron chi connectivity index (χ1n) is 6.62. The molecular weight excluding hydrogens is 256 g/mol. The summed E-state index contributed by atoms with van der Waals surface area (Å²) < 4.78 is 0. The monoisotopic (exact) mass is 272 g/mol. The Morgan fingerprint density at radius 2 is 2.00 bits per heavy atom. The Labute approximate surface area is 117 Å². The second kappa shape index (κ2) is 4.70. The van der Waals surface area contributed by atoms with E-state index in [1.807, 2.05) is 19.2 Å². The first-order chi connectivity index (χ1) is 9.54. The molecule has 1 aromatic rings. The summed E-state index contributed by atoms with van der Waals surface area (Å²) in [5.74, 6) is -0.135. The third-order valence-electron chi connectivity index (χ3n) is 3.68. The Hall–Kier alpha value is -2.24. The molecule has 0 saturated heterocycles. The normalized spacial score (nSPS) is 18.1. The molecule has 104 valence electrons. The van der Waals surface area contributed by atoms with Crippen molar-refractivity contribution < 1.29 is 9.59 Å². The summed E-state index contributed by atoms with van der Waals surface area (Å²) in [7, 11) is 1.58. The number of carbonyl (C=O) groups excluding carboxylic acids is 2. The van der Waals surface area contributed by atoms with Gasteiger partial charge >= 0.3 is 0 Å². The van der Waals surface area contributed by atoms with Crippen molar-refractivity contribution in [1.29, 1.82) is 0 Å². The summed E-state index contributed by atoms with van der Waals surface area (Å²) in [5.41, 5.74) is 3.65. The molecule has 6 heteroatoms. The molecule has 2 aliphatic heterocycles. The van der Waals surface area contributed by atoms with Crippen molar-refractivity contribution in [3.8, 4) is 0 Å². The van der Waals surface area contributed by atoms with Gasteiger partial charge in [0.05, 0.1) is 0 Å². The van der Waals surface area contributed by atoms with E-state index < -0.39 is 0 Å². The number of fused-ring (bicyclic) bond motifs is 1. The maximum Gasteiger partial charge on any atom is 0.270 e. The number of hydrazone groups is 1. The highest BCUT2D eigenvalue weighted by Gasteiger charge is 2.29. The van der Waals surface area contributed by atoms with Crippen molar-refractivity contribution in [2.45, 2.75) is 32.9 Å². The second-order valence-corrected chi connectivity index (χ2v) is 5.22. The molecule has 2 amide bonds. The summed E-state index contributed by atoms with van der Waals surface area (Å²) in [6, 6.07) is 2.01. The van der Waals surface area contributed by atoms with E-state index >= 15 is 0 Å². The highest BCUT2D eigenvalue weighted by molar-refractivity contribution is 6.39. The molecule has 0 bridgehead atoms. The fourth-order valence-electron chi connectivity index (χ4n) is 2.55. The summed E-state index contributed by atoms with van der Waals surface area (Å²) in [6.07, 6.45) is 2.60. The van der Waals surface area contributed by atoms with Crippen molar-refractivity contribution in [2.24, 2.45) is 5.10 Å². The Balaban J connectivity index is 1.78. The standard InChI is InChI=1S/C14H16N4O2/c1-9-5-10-7-18(8-11(10)6-15-9)14(20)12-3-4-13(19)17(2)16-12/h5-6H,3-4,7-8H2,1-2H3. The first-order valence-corrected chi connectivity index (χ1v) is 6.62. The average Bonchev–Trinajstić information content (AvgIpc) is 2.84. The van der Waals surface area contributed by atoms with Crippen LogP contribution in [0.2, 0.25) is 0 Å². The molecule has 2 aliphatic rings. The number of pyridine rings is 1. The van der Waals surface area contributed by atoms with Gasteiger partial charge in [0, 0.05) is 44.9 Å². The van der Waals surface area contributed by atoms with Gasteiger partial charge in [0.25, 0.3) is 5.91 Å². The van der Waals surface area contributed by atoms with Crippen LogP contribution in [-0.2, 0) is 22.7 Å². The molecule has 3 heterocycles. The molecule has 0 atom stereocenters. The van der Waals surface area contributed by atoms with Crippen molar-refractivity contribution in [2.75, 3.05) is 7.05 Å². The second-order valence-electron chi connectivity index (χ2n) is 5.22. The van der Waals surface area contributed by atoms with Gasteiger partial charge in [-0.1, -0.05) is 0 Å². The predicted octanol–water partition coefficient (Wildman–Crippen LogP) is 0.840. The van der Waals surface area contributed by atoms with Crippen LogP contribution in [0, 0.1) is 6.92 Å². The summed E-state index contributed by atoms with van der Waals surface area (Å²) >= 11 is 0. The zero-order valence-corrected chi connectivity index (χ0v) is 11.6. The molecule has 3 rings (SSSR count). The molecule has 6 nitrogen and oxygen atoms in total. The van der Waals surface area contributed by atoms with Gasteiger partial charge in [0.15, 0.2) is 0 Å². The molecule has 0 aromatic carbocycles. The van der Waals surface area contributed by atoms with E-state index in [9.17, 15) is 9.59 Å². The SMILES string of the molecule is Cc1cc2c(cn1)CN(C(=O)C1=NN(C)C(=O)CC1)C2. The smallest absolute Gasteiger partial charge is 0.270 e. The Morgan fingerprint density at radius 1 is 1.25 bits per heavy atom. The molecule has 0 aliphatic carbocycles. The van der Waals surface area contributed by atoms with E-state index in [2.05, 4.69) is 10.1 Å². The molecule has 20 heavy (non-hydrogen) atoms. The van der Waals surface area contributed by atoms with E-state index in [1.165, 1.54) is 5.01 Å². The topological polar surface area (TPSA) is 65.9 Å². The fourth-order valence-corrected chi connectivity index (χ4v) is 2.55. The van der Waals surface area contributed by atoms with E-state index in [0.717, 1.165) is 16.8 Å². The van der Waals surface area contributed by atoms with Crippen LogP contribution in [0.25, 0.3) is 0 Å². The van der Waals surface area contributed by atoms with Crippen LogP contribution >= 0.6 is 0 Å². The Bertz CT molecular complexity index is 624. The maximum absolute atomic E-state index is 12.4. The number of hydrogen-bond acceptors (Lipinski definition) is 4. The van der Waals surface area contributed by atoms with Crippen LogP contribution in [-0.4, -0.2) is 39.5 Å². The third kappa shape index (κ3) is 2.17. The number of carbonyl (C=O) groups is 2. The van der Waals surface area contributed by atoms with Gasteiger partial charge in [-0.05, 0) is 24.1 Å². The van der Waals surface area contributed by atoms with Gasteiger partial charge in [0.1, 0.15) is 5.71 Å². The molecule has 0 fully saturated rings. The number of rotatable bonds is 1. The zero-order chi connectivity index (χ0) is 14.3. The first kappa shape index (κ1) is 12.8. The minimum absolute atomic E-state index is 0.0499. The maximum atomic E-state index is 12.4. The van der Waals surface area contributed by atoms with Crippen LogP contribution < -0.4 is 0 Å². The van der Waals surface area contributed by atoms with Gasteiger partial charge in [0.2, 0.25) is 5.91 Å². The molecule has 0 spiro atoms. The summed E-state index contributed by atoms with van der Waals surface area (Å²) in [4.78, 5) is 29.8. The van der Waals surface area contributed by atoms with Gasteiger partial charge < -0.3 is 4.90 Å². The number of nitrogens with zero attached hydrogens (tertiary/aromatic N) is 4. The zero-order valence-electron chi connectivity index (χ0n) is 11.6. The van der Waals surface area contributed by atoms with Crippen LogP contribution in [0.1, 0.15) is 29.7 Å². The van der Waals surface area contributed by atoms with Crippen LogP contribution in [0.5, 0.6) is 0 Å². The number of hydrogen-bond donors (Lipinski definition) is 0. The Morgan fingerprint density at radius 3 is 2.75 bits per heavy atom. The lowest BCUT2D eigenvalue weighted by molar-refractivity contribution is -0.130. The van der Waals surface area contributed by atoms with Gasteiger partial charge in [-0.2, -0.15) is 5.10 Å². The molecule has 0 radical (unpaired) electrons. The number of amides is 2. The highest BCUT2D eigenvalue weighted by atomic mass is 16.2.